The lowest BCUT2D eigenvalue weighted by Crippen LogP contribution is -2.52. The largest absolute Gasteiger partial charge is 0.481 e. The number of piperazine rings is 1. The first-order chi connectivity index (χ1) is 13.9. The van der Waals surface area contributed by atoms with Crippen molar-refractivity contribution >= 4 is 11.7 Å². The first kappa shape index (κ1) is 20.7. The number of nitrogens with zero attached hydrogens (tertiary/aromatic N) is 4. The van der Waals surface area contributed by atoms with Crippen LogP contribution in [0.25, 0.3) is 0 Å². The van der Waals surface area contributed by atoms with Crippen molar-refractivity contribution in [3.05, 3.63) is 53.2 Å². The minimum atomic E-state index is -0.551. The molecule has 0 aliphatic carbocycles. The van der Waals surface area contributed by atoms with Gasteiger partial charge in [0.25, 0.3) is 5.91 Å². The highest BCUT2D eigenvalue weighted by atomic mass is 16.5. The normalized spacial score (nSPS) is 15.2. The average molecular weight is 393 g/mol. The number of nitriles is 1. The topological polar surface area (TPSA) is 69.5 Å². The summed E-state index contributed by atoms with van der Waals surface area (Å²) in [7, 11) is 0. The van der Waals surface area contributed by atoms with Gasteiger partial charge in [0.2, 0.25) is 0 Å². The number of carbonyl (C=O) groups is 1. The van der Waals surface area contributed by atoms with Crippen LogP contribution in [-0.2, 0) is 4.79 Å². The van der Waals surface area contributed by atoms with E-state index in [1.807, 2.05) is 24.8 Å². The molecule has 0 spiro atoms. The zero-order valence-corrected chi connectivity index (χ0v) is 17.6. The van der Waals surface area contributed by atoms with Gasteiger partial charge in [0, 0.05) is 32.4 Å². The number of carbonyl (C=O) groups excluding carboxylic acids is 1. The van der Waals surface area contributed by atoms with E-state index in [1.54, 1.807) is 18.3 Å². The molecule has 3 rings (SSSR count). The Morgan fingerprint density at radius 3 is 2.55 bits per heavy atom. The van der Waals surface area contributed by atoms with Gasteiger partial charge in [-0.2, -0.15) is 5.26 Å². The predicted molar refractivity (Wildman–Crippen MR) is 113 cm³/mol. The van der Waals surface area contributed by atoms with E-state index in [0.29, 0.717) is 43.5 Å². The van der Waals surface area contributed by atoms with Crippen LogP contribution in [-0.4, -0.2) is 48.1 Å². The average Bonchev–Trinajstić information content (AvgIpc) is 2.73. The van der Waals surface area contributed by atoms with E-state index in [9.17, 15) is 10.1 Å². The summed E-state index contributed by atoms with van der Waals surface area (Å²) in [4.78, 5) is 21.2. The van der Waals surface area contributed by atoms with Gasteiger partial charge in [0.15, 0.2) is 6.10 Å². The van der Waals surface area contributed by atoms with Crippen molar-refractivity contribution in [1.82, 2.24) is 9.88 Å². The van der Waals surface area contributed by atoms with Crippen LogP contribution in [0.1, 0.15) is 43.4 Å². The van der Waals surface area contributed by atoms with E-state index in [1.165, 1.54) is 0 Å². The third kappa shape index (κ3) is 4.68. The Kier molecular flexibility index (Phi) is 6.38. The zero-order chi connectivity index (χ0) is 21.0. The molecule has 6 nitrogen and oxygen atoms in total. The molecular weight excluding hydrogens is 364 g/mol. The Hall–Kier alpha value is -3.07. The lowest BCUT2D eigenvalue weighted by molar-refractivity contribution is -0.138. The highest BCUT2D eigenvalue weighted by molar-refractivity contribution is 5.81. The second kappa shape index (κ2) is 8.95. The second-order valence-electron chi connectivity index (χ2n) is 7.75. The van der Waals surface area contributed by atoms with Gasteiger partial charge in [0.05, 0.1) is 5.56 Å². The summed E-state index contributed by atoms with van der Waals surface area (Å²) in [6, 6.07) is 11.9. The molecule has 1 saturated heterocycles. The molecule has 1 atom stereocenters. The van der Waals surface area contributed by atoms with Gasteiger partial charge < -0.3 is 14.5 Å². The lowest BCUT2D eigenvalue weighted by atomic mass is 10.0. The SMILES string of the molecule is Cc1ccc(C(C)C)c(OC(C)C(=O)N2CCN(c3ncccc3C#N)CC2)c1. The first-order valence-electron chi connectivity index (χ1n) is 10.1. The Labute approximate surface area is 172 Å². The van der Waals surface area contributed by atoms with Crippen molar-refractivity contribution in [1.29, 1.82) is 5.26 Å². The second-order valence-corrected chi connectivity index (χ2v) is 7.75. The molecule has 2 heterocycles. The van der Waals surface area contributed by atoms with Gasteiger partial charge in [-0.25, -0.2) is 4.98 Å². The monoisotopic (exact) mass is 392 g/mol. The molecule has 1 aromatic heterocycles. The van der Waals surface area contributed by atoms with Crippen LogP contribution in [0.5, 0.6) is 5.75 Å². The number of amides is 1. The van der Waals surface area contributed by atoms with E-state index in [-0.39, 0.29) is 5.91 Å². The van der Waals surface area contributed by atoms with E-state index in [4.69, 9.17) is 4.74 Å². The summed E-state index contributed by atoms with van der Waals surface area (Å²) in [6.07, 6.45) is 1.14. The van der Waals surface area contributed by atoms with Crippen molar-refractivity contribution in [2.45, 2.75) is 39.7 Å². The Bertz CT molecular complexity index is 911. The van der Waals surface area contributed by atoms with Crippen LogP contribution in [0.4, 0.5) is 5.82 Å². The summed E-state index contributed by atoms with van der Waals surface area (Å²) in [5, 5.41) is 9.29. The summed E-state index contributed by atoms with van der Waals surface area (Å²) in [6.45, 7) is 10.5. The molecule has 0 bridgehead atoms. The summed E-state index contributed by atoms with van der Waals surface area (Å²) in [5.74, 6) is 1.78. The summed E-state index contributed by atoms with van der Waals surface area (Å²) in [5.41, 5.74) is 2.78. The number of anilines is 1. The van der Waals surface area contributed by atoms with Crippen molar-refractivity contribution in [2.75, 3.05) is 31.1 Å². The summed E-state index contributed by atoms with van der Waals surface area (Å²) >= 11 is 0. The van der Waals surface area contributed by atoms with Crippen LogP contribution in [0.15, 0.2) is 36.5 Å². The molecule has 1 aromatic carbocycles. The molecular formula is C23H28N4O2. The number of hydrogen-bond donors (Lipinski definition) is 0. The van der Waals surface area contributed by atoms with Gasteiger partial charge >= 0.3 is 0 Å². The molecule has 1 unspecified atom stereocenters. The lowest BCUT2D eigenvalue weighted by Gasteiger charge is -2.36. The third-order valence-corrected chi connectivity index (χ3v) is 5.24. The number of aromatic nitrogens is 1. The highest BCUT2D eigenvalue weighted by Crippen LogP contribution is 2.28. The number of aryl methyl sites for hydroxylation is 1. The number of benzene rings is 1. The zero-order valence-electron chi connectivity index (χ0n) is 17.6. The van der Waals surface area contributed by atoms with Gasteiger partial charge in [-0.1, -0.05) is 26.0 Å². The molecule has 29 heavy (non-hydrogen) atoms. The number of hydrogen-bond acceptors (Lipinski definition) is 5. The molecule has 0 saturated carbocycles. The minimum Gasteiger partial charge on any atom is -0.481 e. The Balaban J connectivity index is 1.64. The maximum atomic E-state index is 12.9. The highest BCUT2D eigenvalue weighted by Gasteiger charge is 2.28. The van der Waals surface area contributed by atoms with Crippen LogP contribution < -0.4 is 9.64 Å². The van der Waals surface area contributed by atoms with E-state index < -0.39 is 6.10 Å². The fraction of sp³-hybridized carbons (Fsp3) is 0.435. The van der Waals surface area contributed by atoms with Gasteiger partial charge in [-0.15, -0.1) is 0 Å². The van der Waals surface area contributed by atoms with E-state index >= 15 is 0 Å². The van der Waals surface area contributed by atoms with Crippen molar-refractivity contribution < 1.29 is 9.53 Å². The fourth-order valence-corrected chi connectivity index (χ4v) is 3.59. The molecule has 1 aliphatic rings. The molecule has 6 heteroatoms. The molecule has 0 N–H and O–H groups in total. The molecule has 0 radical (unpaired) electrons. The van der Waals surface area contributed by atoms with Gasteiger partial charge in [-0.3, -0.25) is 4.79 Å². The molecule has 1 fully saturated rings. The fourth-order valence-electron chi connectivity index (χ4n) is 3.59. The first-order valence-corrected chi connectivity index (χ1v) is 10.1. The number of pyridine rings is 1. The summed E-state index contributed by atoms with van der Waals surface area (Å²) < 4.78 is 6.09. The van der Waals surface area contributed by atoms with Crippen LogP contribution in [0, 0.1) is 18.3 Å². The maximum Gasteiger partial charge on any atom is 0.263 e. The molecule has 2 aromatic rings. The Morgan fingerprint density at radius 2 is 1.90 bits per heavy atom. The Morgan fingerprint density at radius 1 is 1.17 bits per heavy atom. The predicted octanol–water partition coefficient (Wildman–Crippen LogP) is 3.50. The standard InChI is InChI=1S/C23H28N4O2/c1-16(2)20-8-7-17(3)14-21(20)29-18(4)23(28)27-12-10-26(11-13-27)22-19(15-24)6-5-9-25-22/h5-9,14,16,18H,10-13H2,1-4H3. The number of ether oxygens (including phenoxy) is 1. The molecule has 1 aliphatic heterocycles. The third-order valence-electron chi connectivity index (χ3n) is 5.24. The van der Waals surface area contributed by atoms with Crippen molar-refractivity contribution in [3.63, 3.8) is 0 Å². The number of rotatable bonds is 5. The van der Waals surface area contributed by atoms with Gasteiger partial charge in [-0.05, 0) is 49.1 Å². The minimum absolute atomic E-state index is 0.0117. The van der Waals surface area contributed by atoms with E-state index in [0.717, 1.165) is 16.9 Å². The van der Waals surface area contributed by atoms with E-state index in [2.05, 4.69) is 41.9 Å². The van der Waals surface area contributed by atoms with Crippen molar-refractivity contribution in [3.8, 4) is 11.8 Å². The quantitative estimate of drug-likeness (QED) is 0.779. The van der Waals surface area contributed by atoms with Gasteiger partial charge in [0.1, 0.15) is 17.6 Å². The maximum absolute atomic E-state index is 12.9. The van der Waals surface area contributed by atoms with Crippen LogP contribution in [0.2, 0.25) is 0 Å². The molecule has 152 valence electrons. The van der Waals surface area contributed by atoms with Crippen molar-refractivity contribution in [2.24, 2.45) is 0 Å². The smallest absolute Gasteiger partial charge is 0.263 e. The van der Waals surface area contributed by atoms with Crippen LogP contribution >= 0.6 is 0 Å². The van der Waals surface area contributed by atoms with Crippen LogP contribution in [0.3, 0.4) is 0 Å². The molecule has 1 amide bonds.